The van der Waals surface area contributed by atoms with Gasteiger partial charge >= 0.3 is 0 Å². The van der Waals surface area contributed by atoms with E-state index in [-0.39, 0.29) is 23.8 Å². The molecule has 0 atom stereocenters. The molecule has 3 aliphatic rings. The molecule has 0 spiro atoms. The molecule has 2 fully saturated rings. The van der Waals surface area contributed by atoms with Gasteiger partial charge in [0, 0.05) is 57.7 Å². The van der Waals surface area contributed by atoms with E-state index in [9.17, 15) is 14.4 Å². The zero-order chi connectivity index (χ0) is 27.5. The van der Waals surface area contributed by atoms with E-state index in [0.717, 1.165) is 31.5 Å². The number of benzene rings is 1. The summed E-state index contributed by atoms with van der Waals surface area (Å²) in [5, 5.41) is 6.33. The second kappa shape index (κ2) is 11.5. The van der Waals surface area contributed by atoms with E-state index in [1.165, 1.54) is 12.8 Å². The lowest BCUT2D eigenvalue weighted by molar-refractivity contribution is -0.129. The van der Waals surface area contributed by atoms with Gasteiger partial charge in [-0.1, -0.05) is 12.8 Å². The van der Waals surface area contributed by atoms with E-state index in [4.69, 9.17) is 9.72 Å². The van der Waals surface area contributed by atoms with Crippen LogP contribution in [0.15, 0.2) is 24.4 Å². The molecule has 3 amide bonds. The number of carbonyl (C=O) groups is 3. The summed E-state index contributed by atoms with van der Waals surface area (Å²) < 4.78 is 5.60. The third kappa shape index (κ3) is 5.76. The maximum Gasteiger partial charge on any atom is 0.251 e. The number of piperidine rings is 1. The van der Waals surface area contributed by atoms with Crippen LogP contribution in [0.5, 0.6) is 5.75 Å². The Morgan fingerprint density at radius 2 is 1.82 bits per heavy atom. The fourth-order valence-electron chi connectivity index (χ4n) is 5.73. The van der Waals surface area contributed by atoms with Crippen molar-refractivity contribution in [2.45, 2.75) is 64.0 Å². The van der Waals surface area contributed by atoms with Crippen LogP contribution in [0.2, 0.25) is 0 Å². The number of ether oxygens (including phenoxy) is 1. The topological polar surface area (TPSA) is 120 Å². The van der Waals surface area contributed by atoms with E-state index in [1.54, 1.807) is 55.3 Å². The molecule has 11 heteroatoms. The summed E-state index contributed by atoms with van der Waals surface area (Å²) in [5.74, 6) is 1.60. The van der Waals surface area contributed by atoms with Crippen LogP contribution >= 0.6 is 0 Å². The highest BCUT2D eigenvalue weighted by Crippen LogP contribution is 2.37. The van der Waals surface area contributed by atoms with Gasteiger partial charge in [-0.2, -0.15) is 4.98 Å². The Morgan fingerprint density at radius 1 is 1.08 bits per heavy atom. The summed E-state index contributed by atoms with van der Waals surface area (Å²) >= 11 is 0. The van der Waals surface area contributed by atoms with Crippen LogP contribution in [0.4, 0.5) is 23.1 Å². The van der Waals surface area contributed by atoms with Gasteiger partial charge in [0.1, 0.15) is 11.4 Å². The molecule has 3 heterocycles. The first-order valence-electron chi connectivity index (χ1n) is 13.8. The van der Waals surface area contributed by atoms with Gasteiger partial charge < -0.3 is 30.1 Å². The minimum Gasteiger partial charge on any atom is -0.495 e. The summed E-state index contributed by atoms with van der Waals surface area (Å²) in [6.07, 6.45) is 8.17. The lowest BCUT2D eigenvalue weighted by atomic mass is 10.0. The summed E-state index contributed by atoms with van der Waals surface area (Å²) in [6.45, 7) is 3.51. The van der Waals surface area contributed by atoms with Crippen molar-refractivity contribution in [3.05, 3.63) is 30.0 Å². The quantitative estimate of drug-likeness (QED) is 0.579. The van der Waals surface area contributed by atoms with Gasteiger partial charge in [0.05, 0.1) is 19.0 Å². The maximum atomic E-state index is 12.9. The molecular weight excluding hydrogens is 498 g/mol. The van der Waals surface area contributed by atoms with Crippen molar-refractivity contribution in [3.63, 3.8) is 0 Å². The van der Waals surface area contributed by atoms with Gasteiger partial charge in [-0.05, 0) is 43.9 Å². The number of hydrogen-bond acceptors (Lipinski definition) is 8. The average Bonchev–Trinajstić information content (AvgIpc) is 3.44. The Morgan fingerprint density at radius 3 is 2.51 bits per heavy atom. The standard InChI is InChI=1S/C28H37N7O4/c1-18(36)34-13-10-20(11-14-34)30-27(38)19-8-9-22(24(16-19)39-3)31-28-29-17-23-26(32-28)35(21-6-4-5-7-21)15-12-25(37)33(23)2/h8-9,16-17,20-21H,4-7,10-15H2,1-3H3,(H,30,38)(H,29,31,32). The molecule has 2 aliphatic heterocycles. The number of nitrogens with one attached hydrogen (secondary N) is 2. The van der Waals surface area contributed by atoms with E-state index < -0.39 is 0 Å². The van der Waals surface area contributed by atoms with E-state index in [1.807, 2.05) is 0 Å². The van der Waals surface area contributed by atoms with Crippen molar-refractivity contribution in [1.29, 1.82) is 0 Å². The van der Waals surface area contributed by atoms with Crippen LogP contribution in [0.1, 0.15) is 62.2 Å². The molecule has 0 bridgehead atoms. The van der Waals surface area contributed by atoms with Gasteiger partial charge in [0.2, 0.25) is 17.8 Å². The molecule has 1 saturated carbocycles. The number of rotatable bonds is 6. The van der Waals surface area contributed by atoms with E-state index in [0.29, 0.717) is 60.7 Å². The molecule has 1 aliphatic carbocycles. The fraction of sp³-hybridized carbons (Fsp3) is 0.536. The Labute approximate surface area is 228 Å². The molecule has 1 aromatic carbocycles. The minimum absolute atomic E-state index is 0.0256. The molecular formula is C28H37N7O4. The second-order valence-electron chi connectivity index (χ2n) is 10.5. The molecule has 5 rings (SSSR count). The van der Waals surface area contributed by atoms with Gasteiger partial charge in [-0.25, -0.2) is 4.98 Å². The van der Waals surface area contributed by atoms with E-state index in [2.05, 4.69) is 20.5 Å². The Hall–Kier alpha value is -3.89. The lowest BCUT2D eigenvalue weighted by Crippen LogP contribution is -2.46. The number of fused-ring (bicyclic) bond motifs is 1. The molecule has 0 unspecified atom stereocenters. The molecule has 0 radical (unpaired) electrons. The number of aromatic nitrogens is 2. The van der Waals surface area contributed by atoms with Gasteiger partial charge in [0.15, 0.2) is 5.82 Å². The highest BCUT2D eigenvalue weighted by Gasteiger charge is 2.32. The summed E-state index contributed by atoms with van der Waals surface area (Å²) in [6, 6.07) is 5.62. The Kier molecular flexibility index (Phi) is 7.85. The van der Waals surface area contributed by atoms with E-state index >= 15 is 0 Å². The Bertz CT molecular complexity index is 1240. The predicted molar refractivity (Wildman–Crippen MR) is 149 cm³/mol. The highest BCUT2D eigenvalue weighted by molar-refractivity contribution is 5.97. The second-order valence-corrected chi connectivity index (χ2v) is 10.5. The first-order chi connectivity index (χ1) is 18.8. The maximum absolute atomic E-state index is 12.9. The molecule has 2 N–H and O–H groups in total. The number of carbonyl (C=O) groups excluding carboxylic acids is 3. The van der Waals surface area contributed by atoms with Crippen LogP contribution in [0.25, 0.3) is 0 Å². The summed E-state index contributed by atoms with van der Waals surface area (Å²) in [5.41, 5.74) is 1.83. The smallest absolute Gasteiger partial charge is 0.251 e. The lowest BCUT2D eigenvalue weighted by Gasteiger charge is -2.31. The average molecular weight is 536 g/mol. The Balaban J connectivity index is 1.32. The van der Waals surface area contributed by atoms with Crippen LogP contribution in [-0.2, 0) is 9.59 Å². The summed E-state index contributed by atoms with van der Waals surface area (Å²) in [7, 11) is 3.33. The van der Waals surface area contributed by atoms with Gasteiger partial charge in [-0.15, -0.1) is 0 Å². The monoisotopic (exact) mass is 535 g/mol. The highest BCUT2D eigenvalue weighted by atomic mass is 16.5. The zero-order valence-electron chi connectivity index (χ0n) is 22.9. The van der Waals surface area contributed by atoms with Gasteiger partial charge in [-0.3, -0.25) is 14.4 Å². The number of amides is 3. The van der Waals surface area contributed by atoms with Crippen LogP contribution in [0.3, 0.4) is 0 Å². The number of methoxy groups -OCH3 is 1. The van der Waals surface area contributed by atoms with Crippen molar-refractivity contribution < 1.29 is 19.1 Å². The summed E-state index contributed by atoms with van der Waals surface area (Å²) in [4.78, 5) is 52.2. The third-order valence-corrected chi connectivity index (χ3v) is 8.08. The molecule has 39 heavy (non-hydrogen) atoms. The van der Waals surface area contributed by atoms with Crippen molar-refractivity contribution in [2.75, 3.05) is 48.9 Å². The van der Waals surface area contributed by atoms with Crippen LogP contribution in [-0.4, -0.2) is 78.5 Å². The first-order valence-corrected chi connectivity index (χ1v) is 13.8. The van der Waals surface area contributed by atoms with Gasteiger partial charge in [0.25, 0.3) is 5.91 Å². The number of anilines is 4. The first kappa shape index (κ1) is 26.7. The largest absolute Gasteiger partial charge is 0.495 e. The molecule has 1 aromatic heterocycles. The normalized spacial score (nSPS) is 18.5. The minimum atomic E-state index is -0.178. The predicted octanol–water partition coefficient (Wildman–Crippen LogP) is 3.09. The zero-order valence-corrected chi connectivity index (χ0v) is 22.9. The fourth-order valence-corrected chi connectivity index (χ4v) is 5.73. The van der Waals surface area contributed by atoms with Crippen molar-refractivity contribution >= 4 is 40.9 Å². The van der Waals surface area contributed by atoms with Crippen molar-refractivity contribution in [2.24, 2.45) is 0 Å². The molecule has 208 valence electrons. The number of hydrogen-bond donors (Lipinski definition) is 2. The number of likely N-dealkylation sites (tertiary alicyclic amines) is 1. The van der Waals surface area contributed by atoms with Crippen molar-refractivity contribution in [3.8, 4) is 5.75 Å². The number of nitrogens with zero attached hydrogens (tertiary/aromatic N) is 5. The van der Waals surface area contributed by atoms with Crippen LogP contribution < -0.4 is 25.2 Å². The van der Waals surface area contributed by atoms with Crippen LogP contribution in [0, 0.1) is 0 Å². The van der Waals surface area contributed by atoms with Crippen molar-refractivity contribution in [1.82, 2.24) is 20.2 Å². The molecule has 2 aromatic rings. The molecule has 1 saturated heterocycles. The third-order valence-electron chi connectivity index (χ3n) is 8.08. The molecule has 11 nitrogen and oxygen atoms in total. The SMILES string of the molecule is COc1cc(C(=O)NC2CCN(C(C)=O)CC2)ccc1Nc1ncc2c(n1)N(C1CCCC1)CCC(=O)N2C.